The fourth-order valence-corrected chi connectivity index (χ4v) is 14.9. The zero-order valence-electron chi connectivity index (χ0n) is 49.5. The fraction of sp³-hybridized carbons (Fsp3) is 0.119. The van der Waals surface area contributed by atoms with E-state index in [-0.39, 0.29) is 10.8 Å². The number of para-hydroxylation sites is 4. The Labute approximate surface area is 507 Å². The first-order chi connectivity index (χ1) is 42.1. The van der Waals surface area contributed by atoms with Gasteiger partial charge in [0.2, 0.25) is 0 Å². The van der Waals surface area contributed by atoms with Gasteiger partial charge in [0.1, 0.15) is 0 Å². The lowest BCUT2D eigenvalue weighted by Gasteiger charge is -2.28. The van der Waals surface area contributed by atoms with E-state index in [1.54, 1.807) is 0 Å². The molecule has 0 aromatic heterocycles. The summed E-state index contributed by atoms with van der Waals surface area (Å²) in [5.41, 5.74) is 31.1. The highest BCUT2D eigenvalue weighted by Gasteiger charge is 2.37. The number of hydrogen-bond acceptors (Lipinski definition) is 2. The quantitative estimate of drug-likeness (QED) is 0.140. The molecule has 2 heterocycles. The highest BCUT2D eigenvalue weighted by Crippen LogP contribution is 2.53. The maximum Gasteiger partial charge on any atom is 0.0493 e. The van der Waals surface area contributed by atoms with Gasteiger partial charge in [-0.25, -0.2) is 0 Å². The van der Waals surface area contributed by atoms with E-state index < -0.39 is 0 Å². The molecule has 0 fully saturated rings. The van der Waals surface area contributed by atoms with Gasteiger partial charge in [-0.15, -0.1) is 0 Å². The molecule has 0 radical (unpaired) electrons. The van der Waals surface area contributed by atoms with Crippen molar-refractivity contribution >= 4 is 56.0 Å². The molecule has 0 spiro atoms. The Kier molecular flexibility index (Phi) is 12.8. The van der Waals surface area contributed by atoms with Crippen LogP contribution in [0.1, 0.15) is 83.3 Å². The lowest BCUT2D eigenvalue weighted by molar-refractivity contribution is 0.660. The molecule has 2 nitrogen and oxygen atoms in total. The van der Waals surface area contributed by atoms with E-state index in [4.69, 9.17) is 6.58 Å². The SMILES string of the molecule is C=C/C=C(\C(=C)c1ccc(N2c3ccccc3CCc3ccccc32)cccc(-c2ccccc2-c2ccc3c(c2)C(C)(C)c2ccccc2-3)c2cc(N3c4ccccc4CCc4ccccc43)ccc12)c1ccc2c(c1)C(C)(C)c1ccccc1-2. The Hall–Kier alpha value is -10.0. The van der Waals surface area contributed by atoms with E-state index in [1.165, 1.54) is 101 Å². The third-order valence-corrected chi connectivity index (χ3v) is 19.2. The van der Waals surface area contributed by atoms with E-state index >= 15 is 0 Å². The highest BCUT2D eigenvalue weighted by molar-refractivity contribution is 6.13. The third-order valence-electron chi connectivity index (χ3n) is 19.2. The smallest absolute Gasteiger partial charge is 0.0493 e. The molecular formula is C84H68N2. The lowest BCUT2D eigenvalue weighted by atomic mass is 9.80. The number of anilines is 6. The highest BCUT2D eigenvalue weighted by atomic mass is 15.2. The van der Waals surface area contributed by atoms with E-state index in [1.807, 2.05) is 6.08 Å². The molecule has 0 saturated heterocycles. The summed E-state index contributed by atoms with van der Waals surface area (Å²) >= 11 is 0. The van der Waals surface area contributed by atoms with Gasteiger partial charge < -0.3 is 9.80 Å². The Morgan fingerprint density at radius 1 is 0.360 bits per heavy atom. The molecule has 0 amide bonds. The Morgan fingerprint density at radius 3 is 1.36 bits per heavy atom. The van der Waals surface area contributed by atoms with Crippen LogP contribution in [0.15, 0.2) is 280 Å². The molecule has 0 saturated carbocycles. The van der Waals surface area contributed by atoms with Crippen LogP contribution in [-0.4, -0.2) is 0 Å². The summed E-state index contributed by atoms with van der Waals surface area (Å²) in [7, 11) is 0. The van der Waals surface area contributed by atoms with Gasteiger partial charge in [-0.05, 0) is 208 Å². The minimum absolute atomic E-state index is 0.168. The van der Waals surface area contributed by atoms with Crippen LogP contribution in [0, 0.1) is 0 Å². The van der Waals surface area contributed by atoms with Crippen molar-refractivity contribution in [3.05, 3.63) is 336 Å². The monoisotopic (exact) mass is 1100 g/mol. The zero-order valence-corrected chi connectivity index (χ0v) is 49.5. The Morgan fingerprint density at radius 2 is 0.802 bits per heavy atom. The molecule has 2 aliphatic carbocycles. The fourth-order valence-electron chi connectivity index (χ4n) is 14.9. The molecule has 0 unspecified atom stereocenters. The summed E-state index contributed by atoms with van der Waals surface area (Å²) in [4.78, 5) is 4.99. The third kappa shape index (κ3) is 8.61. The average molecular weight is 1110 g/mol. The van der Waals surface area contributed by atoms with Crippen molar-refractivity contribution in [2.45, 2.75) is 64.2 Å². The lowest BCUT2D eigenvalue weighted by Crippen LogP contribution is -2.15. The largest absolute Gasteiger partial charge is 0.310 e. The van der Waals surface area contributed by atoms with Crippen LogP contribution in [0.2, 0.25) is 0 Å². The van der Waals surface area contributed by atoms with Crippen LogP contribution in [0.3, 0.4) is 0 Å². The summed E-state index contributed by atoms with van der Waals surface area (Å²) in [5.74, 6) is 0. The van der Waals surface area contributed by atoms with E-state index in [0.717, 1.165) is 81.2 Å². The van der Waals surface area contributed by atoms with Crippen LogP contribution in [0.5, 0.6) is 0 Å². The van der Waals surface area contributed by atoms with Gasteiger partial charge in [0.15, 0.2) is 0 Å². The van der Waals surface area contributed by atoms with Gasteiger partial charge in [-0.1, -0.05) is 247 Å². The van der Waals surface area contributed by atoms with Gasteiger partial charge in [-0.3, -0.25) is 0 Å². The molecule has 4 aliphatic rings. The van der Waals surface area contributed by atoms with Gasteiger partial charge in [0.05, 0.1) is 0 Å². The second-order valence-corrected chi connectivity index (χ2v) is 24.7. The molecule has 11 aromatic carbocycles. The summed E-state index contributed by atoms with van der Waals surface area (Å²) in [6.45, 7) is 19.1. The molecular weight excluding hydrogens is 1040 g/mol. The van der Waals surface area contributed by atoms with E-state index in [9.17, 15) is 0 Å². The maximum absolute atomic E-state index is 5.23. The number of fused-ring (bicyclic) bond motifs is 11. The normalized spacial score (nSPS) is 14.6. The van der Waals surface area contributed by atoms with Crippen LogP contribution in [0.25, 0.3) is 66.4 Å². The first-order valence-electron chi connectivity index (χ1n) is 30.5. The van der Waals surface area contributed by atoms with Gasteiger partial charge in [-0.2, -0.15) is 0 Å². The first-order valence-corrected chi connectivity index (χ1v) is 30.5. The summed E-state index contributed by atoms with van der Waals surface area (Å²) in [5, 5.41) is 2.18. The molecule has 2 heteroatoms. The van der Waals surface area contributed by atoms with Crippen molar-refractivity contribution in [2.75, 3.05) is 9.80 Å². The minimum Gasteiger partial charge on any atom is -0.310 e. The maximum atomic E-state index is 5.23. The average Bonchev–Trinajstić information content (AvgIpc) is 1.70. The number of benzene rings is 10. The molecule has 86 heavy (non-hydrogen) atoms. The van der Waals surface area contributed by atoms with Crippen molar-refractivity contribution in [1.82, 2.24) is 0 Å². The molecule has 11 aromatic rings. The second kappa shape index (κ2) is 20.9. The number of rotatable bonds is 8. The van der Waals surface area contributed by atoms with Crippen molar-refractivity contribution in [3.63, 3.8) is 0 Å². The van der Waals surface area contributed by atoms with Crippen molar-refractivity contribution in [1.29, 1.82) is 0 Å². The van der Waals surface area contributed by atoms with Gasteiger partial charge in [0.25, 0.3) is 0 Å². The number of allylic oxidation sites excluding steroid dienone is 4. The van der Waals surface area contributed by atoms with Crippen LogP contribution < -0.4 is 9.80 Å². The van der Waals surface area contributed by atoms with Crippen LogP contribution in [-0.2, 0) is 36.5 Å². The van der Waals surface area contributed by atoms with Crippen LogP contribution >= 0.6 is 0 Å². The minimum atomic E-state index is -0.193. The Bertz CT molecular complexity index is 4620. The van der Waals surface area contributed by atoms with Crippen molar-refractivity contribution in [3.8, 4) is 44.5 Å². The van der Waals surface area contributed by atoms with Gasteiger partial charge >= 0.3 is 0 Å². The molecule has 2 aliphatic heterocycles. The first kappa shape index (κ1) is 52.8. The number of nitrogens with zero attached hydrogens (tertiary/aromatic N) is 2. The molecule has 414 valence electrons. The summed E-state index contributed by atoms with van der Waals surface area (Å²) in [6, 6.07) is 95.9. The topological polar surface area (TPSA) is 6.48 Å². The zero-order chi connectivity index (χ0) is 58.3. The summed E-state index contributed by atoms with van der Waals surface area (Å²) in [6.07, 6.45) is 7.91. The van der Waals surface area contributed by atoms with E-state index in [2.05, 4.69) is 305 Å². The molecule has 0 N–H and O–H groups in total. The van der Waals surface area contributed by atoms with E-state index in [0.29, 0.717) is 0 Å². The van der Waals surface area contributed by atoms with Gasteiger partial charge in [0, 0.05) is 45.0 Å². The number of aryl methyl sites for hydroxylation is 4. The standard InChI is InChI=1S/C84H68N2/c1-7-23-64(60-44-48-72-70-31-14-16-34-75(70)83(3,4)77(72)52-60)55(2)65-50-46-62(85-79-36-18-8-24-56(79)40-41-57-25-9-19-37-80(57)85)28-22-33-68(67-30-13-12-29-66(67)61-45-49-73-71-32-15-17-35-76(71)84(5,6)78(73)53-61)74-54-63(47-51-69(65)74)86-81-38-20-10-26-58(81)42-43-59-27-11-21-39-82(59)86/h7-39,44-54H,1-2,40-43H2,3-6H3/b28-22?,33-22?,50-46?,62-28?,62-46?,64-23+,65-50?,68-33?,69-65?,74-68?. The summed E-state index contributed by atoms with van der Waals surface area (Å²) < 4.78 is 0. The van der Waals surface area contributed by atoms with Crippen LogP contribution in [0.4, 0.5) is 34.1 Å². The predicted octanol–water partition coefficient (Wildman–Crippen LogP) is 22.3. The molecule has 15 rings (SSSR count). The molecule has 0 atom stereocenters. The second-order valence-electron chi connectivity index (χ2n) is 24.7. The Balaban J connectivity index is 1.04. The molecule has 0 bridgehead atoms. The van der Waals surface area contributed by atoms with Crippen molar-refractivity contribution < 1.29 is 0 Å². The van der Waals surface area contributed by atoms with Crippen molar-refractivity contribution in [2.24, 2.45) is 0 Å². The number of hydrogen-bond donors (Lipinski definition) is 0. The predicted molar refractivity (Wildman–Crippen MR) is 365 cm³/mol.